The van der Waals surface area contributed by atoms with Gasteiger partial charge < -0.3 is 10.4 Å². The minimum atomic E-state index is -0.816. The van der Waals surface area contributed by atoms with Crippen LogP contribution in [-0.2, 0) is 9.59 Å². The van der Waals surface area contributed by atoms with Gasteiger partial charge in [0.25, 0.3) is 0 Å². The number of nitrogens with one attached hydrogen (secondary N) is 1. The number of rotatable bonds is 9. The fourth-order valence-corrected chi connectivity index (χ4v) is 2.30. The van der Waals surface area contributed by atoms with Gasteiger partial charge in [-0.15, -0.1) is 11.8 Å². The quantitative estimate of drug-likeness (QED) is 0.615. The molecule has 16 heavy (non-hydrogen) atoms. The average Bonchev–Trinajstić information content (AvgIpc) is 2.16. The molecular formula is C10H19NO3S2. The Bertz CT molecular complexity index is 222. The van der Waals surface area contributed by atoms with E-state index in [0.717, 1.165) is 5.75 Å². The van der Waals surface area contributed by atoms with Crippen LogP contribution in [-0.4, -0.2) is 46.5 Å². The summed E-state index contributed by atoms with van der Waals surface area (Å²) < 4.78 is 0. The van der Waals surface area contributed by atoms with E-state index in [-0.39, 0.29) is 11.7 Å². The van der Waals surface area contributed by atoms with Crippen LogP contribution < -0.4 is 5.32 Å². The minimum absolute atomic E-state index is 0.0292. The summed E-state index contributed by atoms with van der Waals surface area (Å²) in [6, 6.07) is 0. The van der Waals surface area contributed by atoms with Crippen molar-refractivity contribution in [1.82, 2.24) is 5.32 Å². The van der Waals surface area contributed by atoms with E-state index in [1.54, 1.807) is 11.8 Å². The third kappa shape index (κ3) is 11.7. The first kappa shape index (κ1) is 15.6. The Balaban J connectivity index is 3.27. The summed E-state index contributed by atoms with van der Waals surface area (Å²) >= 11 is 2.94. The van der Waals surface area contributed by atoms with Crippen molar-refractivity contribution < 1.29 is 14.7 Å². The molecule has 0 aromatic heterocycles. The standard InChI is InChI=1S/C10H19NO3S2/c1-8(2)5-16-6-9(12)11-3-4-15-7-10(13)14/h8H,3-7H2,1-2H3,(H,11,12)(H,13,14). The van der Waals surface area contributed by atoms with Gasteiger partial charge in [-0.05, 0) is 11.7 Å². The predicted molar refractivity (Wildman–Crippen MR) is 70.1 cm³/mol. The number of carbonyl (C=O) groups excluding carboxylic acids is 1. The van der Waals surface area contributed by atoms with E-state index >= 15 is 0 Å². The molecule has 0 unspecified atom stereocenters. The highest BCUT2D eigenvalue weighted by atomic mass is 32.2. The van der Waals surface area contributed by atoms with Crippen LogP contribution in [0.25, 0.3) is 0 Å². The largest absolute Gasteiger partial charge is 0.481 e. The summed E-state index contributed by atoms with van der Waals surface area (Å²) in [5.74, 6) is 2.03. The minimum Gasteiger partial charge on any atom is -0.481 e. The van der Waals surface area contributed by atoms with Crippen LogP contribution in [0.1, 0.15) is 13.8 Å². The molecular weight excluding hydrogens is 246 g/mol. The molecule has 0 radical (unpaired) electrons. The molecule has 0 atom stereocenters. The van der Waals surface area contributed by atoms with Gasteiger partial charge >= 0.3 is 5.97 Å². The van der Waals surface area contributed by atoms with E-state index in [1.807, 2.05) is 0 Å². The third-order valence-electron chi connectivity index (χ3n) is 1.48. The highest BCUT2D eigenvalue weighted by Crippen LogP contribution is 2.06. The lowest BCUT2D eigenvalue weighted by Gasteiger charge is -2.05. The Morgan fingerprint density at radius 1 is 1.25 bits per heavy atom. The van der Waals surface area contributed by atoms with E-state index in [4.69, 9.17) is 5.11 Å². The van der Waals surface area contributed by atoms with Crippen molar-refractivity contribution >= 4 is 35.4 Å². The molecule has 0 bridgehead atoms. The first-order chi connectivity index (χ1) is 7.52. The number of amides is 1. The van der Waals surface area contributed by atoms with E-state index in [1.165, 1.54) is 11.8 Å². The van der Waals surface area contributed by atoms with Crippen LogP contribution in [0.3, 0.4) is 0 Å². The highest BCUT2D eigenvalue weighted by Gasteiger charge is 2.02. The molecule has 0 heterocycles. The lowest BCUT2D eigenvalue weighted by molar-refractivity contribution is -0.133. The van der Waals surface area contributed by atoms with Gasteiger partial charge in [0.05, 0.1) is 11.5 Å². The maximum absolute atomic E-state index is 11.3. The van der Waals surface area contributed by atoms with Gasteiger partial charge in [0, 0.05) is 12.3 Å². The number of carboxylic acid groups (broad SMARTS) is 1. The van der Waals surface area contributed by atoms with Gasteiger partial charge in [-0.25, -0.2) is 0 Å². The zero-order valence-electron chi connectivity index (χ0n) is 9.69. The van der Waals surface area contributed by atoms with Crippen molar-refractivity contribution in [2.24, 2.45) is 5.92 Å². The molecule has 1 amide bonds. The molecule has 0 aromatic rings. The normalized spacial score (nSPS) is 10.4. The van der Waals surface area contributed by atoms with Crippen LogP contribution in [0.5, 0.6) is 0 Å². The van der Waals surface area contributed by atoms with E-state index in [2.05, 4.69) is 19.2 Å². The number of thioether (sulfide) groups is 2. The van der Waals surface area contributed by atoms with E-state index in [0.29, 0.717) is 24.0 Å². The van der Waals surface area contributed by atoms with Gasteiger partial charge in [0.2, 0.25) is 5.91 Å². The van der Waals surface area contributed by atoms with Crippen LogP contribution in [0, 0.1) is 5.92 Å². The Morgan fingerprint density at radius 3 is 2.50 bits per heavy atom. The second kappa shape index (κ2) is 9.84. The topological polar surface area (TPSA) is 66.4 Å². The van der Waals surface area contributed by atoms with Crippen LogP contribution in [0.15, 0.2) is 0 Å². The molecule has 6 heteroatoms. The first-order valence-corrected chi connectivity index (χ1v) is 7.47. The molecule has 0 saturated carbocycles. The Kier molecular flexibility index (Phi) is 9.62. The third-order valence-corrected chi connectivity index (χ3v) is 3.79. The zero-order valence-corrected chi connectivity index (χ0v) is 11.3. The molecule has 0 saturated heterocycles. The number of carboxylic acids is 1. The first-order valence-electron chi connectivity index (χ1n) is 5.16. The molecule has 4 nitrogen and oxygen atoms in total. The molecule has 0 spiro atoms. The van der Waals surface area contributed by atoms with E-state index in [9.17, 15) is 9.59 Å². The highest BCUT2D eigenvalue weighted by molar-refractivity contribution is 8.00. The molecule has 0 aliphatic rings. The zero-order chi connectivity index (χ0) is 12.4. The predicted octanol–water partition coefficient (Wildman–Crippen LogP) is 1.31. The fraction of sp³-hybridized carbons (Fsp3) is 0.800. The van der Waals surface area contributed by atoms with Crippen molar-refractivity contribution in [2.45, 2.75) is 13.8 Å². The lowest BCUT2D eigenvalue weighted by atomic mass is 10.3. The number of hydrogen-bond donors (Lipinski definition) is 2. The van der Waals surface area contributed by atoms with Gasteiger partial charge in [-0.3, -0.25) is 9.59 Å². The maximum atomic E-state index is 11.3. The van der Waals surface area contributed by atoms with Crippen molar-refractivity contribution in [1.29, 1.82) is 0 Å². The van der Waals surface area contributed by atoms with Gasteiger partial charge in [0.1, 0.15) is 0 Å². The monoisotopic (exact) mass is 265 g/mol. The molecule has 2 N–H and O–H groups in total. The summed E-state index contributed by atoms with van der Waals surface area (Å²) in [4.78, 5) is 21.5. The molecule has 0 aliphatic heterocycles. The van der Waals surface area contributed by atoms with Crippen molar-refractivity contribution in [3.05, 3.63) is 0 Å². The van der Waals surface area contributed by atoms with Gasteiger partial charge in [-0.1, -0.05) is 13.8 Å². The summed E-state index contributed by atoms with van der Waals surface area (Å²) in [5.41, 5.74) is 0. The summed E-state index contributed by atoms with van der Waals surface area (Å²) in [6.07, 6.45) is 0. The maximum Gasteiger partial charge on any atom is 0.313 e. The van der Waals surface area contributed by atoms with Gasteiger partial charge in [0.15, 0.2) is 0 Å². The molecule has 0 fully saturated rings. The summed E-state index contributed by atoms with van der Waals surface area (Å²) in [5, 5.41) is 11.1. The molecule has 0 aliphatic carbocycles. The van der Waals surface area contributed by atoms with Crippen LogP contribution >= 0.6 is 23.5 Å². The average molecular weight is 265 g/mol. The van der Waals surface area contributed by atoms with Crippen LogP contribution in [0.4, 0.5) is 0 Å². The molecule has 0 aromatic carbocycles. The second-order valence-corrected chi connectivity index (χ2v) is 5.84. The van der Waals surface area contributed by atoms with Crippen molar-refractivity contribution in [3.8, 4) is 0 Å². The van der Waals surface area contributed by atoms with Crippen molar-refractivity contribution in [2.75, 3.05) is 29.6 Å². The number of hydrogen-bond acceptors (Lipinski definition) is 4. The number of carbonyl (C=O) groups is 2. The summed E-state index contributed by atoms with van der Waals surface area (Å²) in [6.45, 7) is 4.78. The smallest absolute Gasteiger partial charge is 0.313 e. The van der Waals surface area contributed by atoms with Crippen LogP contribution in [0.2, 0.25) is 0 Å². The number of aliphatic carboxylic acids is 1. The van der Waals surface area contributed by atoms with Gasteiger partial charge in [-0.2, -0.15) is 11.8 Å². The SMILES string of the molecule is CC(C)CSCC(=O)NCCSCC(=O)O. The Labute approximate surface area is 105 Å². The second-order valence-electron chi connectivity index (χ2n) is 3.71. The fourth-order valence-electron chi connectivity index (χ4n) is 0.860. The van der Waals surface area contributed by atoms with E-state index < -0.39 is 5.97 Å². The molecule has 94 valence electrons. The van der Waals surface area contributed by atoms with Crippen molar-refractivity contribution in [3.63, 3.8) is 0 Å². The molecule has 0 rings (SSSR count). The summed E-state index contributed by atoms with van der Waals surface area (Å²) in [7, 11) is 0. The Hall–Kier alpha value is -0.360. The lowest BCUT2D eigenvalue weighted by Crippen LogP contribution is -2.27. The Morgan fingerprint density at radius 2 is 1.94 bits per heavy atom.